The molecule has 6 nitrogen and oxygen atoms in total. The van der Waals surface area contributed by atoms with E-state index in [1.54, 1.807) is 30.3 Å². The predicted octanol–water partition coefficient (Wildman–Crippen LogP) is 2.24. The molecule has 0 saturated heterocycles. The van der Waals surface area contributed by atoms with E-state index in [4.69, 9.17) is 16.3 Å². The topological polar surface area (TPSA) is 84.5 Å². The van der Waals surface area contributed by atoms with Crippen molar-refractivity contribution >= 4 is 35.0 Å². The van der Waals surface area contributed by atoms with Crippen molar-refractivity contribution in [1.29, 1.82) is 0 Å². The van der Waals surface area contributed by atoms with Crippen LogP contribution in [0.25, 0.3) is 0 Å². The molecule has 2 aromatic rings. The number of ether oxygens (including phenoxy) is 1. The summed E-state index contributed by atoms with van der Waals surface area (Å²) in [6, 6.07) is 11.3. The Kier molecular flexibility index (Phi) is 3.99. The van der Waals surface area contributed by atoms with E-state index in [0.29, 0.717) is 10.7 Å². The van der Waals surface area contributed by atoms with Crippen LogP contribution < -0.4 is 15.4 Å². The fourth-order valence-corrected chi connectivity index (χ4v) is 2.40. The maximum atomic E-state index is 11.9. The molecular formula is C16H11ClN2O4. The van der Waals surface area contributed by atoms with Gasteiger partial charge in [0, 0.05) is 10.7 Å². The second-order valence-corrected chi connectivity index (χ2v) is 5.25. The van der Waals surface area contributed by atoms with Crippen LogP contribution in [0.2, 0.25) is 5.02 Å². The Morgan fingerprint density at radius 3 is 2.70 bits per heavy atom. The molecule has 23 heavy (non-hydrogen) atoms. The number of carbonyl (C=O) groups is 3. The lowest BCUT2D eigenvalue weighted by Crippen LogP contribution is -2.22. The van der Waals surface area contributed by atoms with Gasteiger partial charge < -0.3 is 10.1 Å². The fourth-order valence-electron chi connectivity index (χ4n) is 2.21. The molecule has 0 atom stereocenters. The number of carbonyl (C=O) groups excluding carboxylic acids is 3. The van der Waals surface area contributed by atoms with E-state index in [0.717, 1.165) is 0 Å². The third-order valence-electron chi connectivity index (χ3n) is 3.19. The normalized spacial score (nSPS) is 12.6. The summed E-state index contributed by atoms with van der Waals surface area (Å²) in [5, 5.41) is 5.31. The summed E-state index contributed by atoms with van der Waals surface area (Å²) < 4.78 is 5.37. The monoisotopic (exact) mass is 330 g/mol. The van der Waals surface area contributed by atoms with Crippen LogP contribution in [0.5, 0.6) is 5.75 Å². The van der Waals surface area contributed by atoms with E-state index >= 15 is 0 Å². The Bertz CT molecular complexity index is 819. The van der Waals surface area contributed by atoms with Crippen molar-refractivity contribution in [2.45, 2.75) is 0 Å². The average molecular weight is 331 g/mol. The first kappa shape index (κ1) is 15.1. The van der Waals surface area contributed by atoms with Crippen LogP contribution in [0.4, 0.5) is 5.69 Å². The van der Waals surface area contributed by atoms with Crippen molar-refractivity contribution in [2.75, 3.05) is 11.9 Å². The van der Waals surface area contributed by atoms with Gasteiger partial charge in [-0.3, -0.25) is 19.7 Å². The third-order valence-corrected chi connectivity index (χ3v) is 3.43. The van der Waals surface area contributed by atoms with E-state index in [-0.39, 0.29) is 23.5 Å². The minimum absolute atomic E-state index is 0.146. The van der Waals surface area contributed by atoms with Gasteiger partial charge in [0.05, 0.1) is 11.1 Å². The Morgan fingerprint density at radius 1 is 1.13 bits per heavy atom. The van der Waals surface area contributed by atoms with Crippen molar-refractivity contribution in [3.63, 3.8) is 0 Å². The summed E-state index contributed by atoms with van der Waals surface area (Å²) >= 11 is 5.84. The highest BCUT2D eigenvalue weighted by Gasteiger charge is 2.30. The minimum atomic E-state index is -0.532. The van der Waals surface area contributed by atoms with Gasteiger partial charge in [-0.25, -0.2) is 0 Å². The van der Waals surface area contributed by atoms with Gasteiger partial charge in [0.25, 0.3) is 17.7 Å². The Morgan fingerprint density at radius 2 is 1.91 bits per heavy atom. The molecule has 1 aliphatic rings. The number of nitrogens with one attached hydrogen (secondary N) is 2. The van der Waals surface area contributed by atoms with Gasteiger partial charge in [-0.1, -0.05) is 23.7 Å². The van der Waals surface area contributed by atoms with Crippen molar-refractivity contribution in [3.8, 4) is 5.75 Å². The number of imide groups is 1. The van der Waals surface area contributed by atoms with Crippen LogP contribution in [0.1, 0.15) is 20.7 Å². The zero-order valence-electron chi connectivity index (χ0n) is 11.8. The smallest absolute Gasteiger partial charge is 0.262 e. The molecule has 1 aliphatic heterocycles. The predicted molar refractivity (Wildman–Crippen MR) is 83.8 cm³/mol. The molecule has 0 spiro atoms. The van der Waals surface area contributed by atoms with Crippen molar-refractivity contribution in [3.05, 3.63) is 58.6 Å². The summed E-state index contributed by atoms with van der Waals surface area (Å²) in [5.41, 5.74) is 0.924. The highest BCUT2D eigenvalue weighted by molar-refractivity contribution is 6.30. The lowest BCUT2D eigenvalue weighted by atomic mass is 10.1. The molecule has 0 bridgehead atoms. The molecule has 3 rings (SSSR count). The lowest BCUT2D eigenvalue weighted by molar-refractivity contribution is -0.118. The van der Waals surface area contributed by atoms with E-state index in [1.165, 1.54) is 12.1 Å². The number of amides is 3. The third kappa shape index (κ3) is 3.17. The molecule has 0 saturated carbocycles. The molecule has 7 heteroatoms. The fraction of sp³-hybridized carbons (Fsp3) is 0.0625. The van der Waals surface area contributed by atoms with Gasteiger partial charge in [-0.05, 0) is 30.3 Å². The number of halogens is 1. The van der Waals surface area contributed by atoms with E-state index in [1.807, 2.05) is 0 Å². The van der Waals surface area contributed by atoms with Gasteiger partial charge in [0.15, 0.2) is 6.61 Å². The number of anilines is 1. The Hall–Kier alpha value is -2.86. The molecular weight excluding hydrogens is 320 g/mol. The summed E-state index contributed by atoms with van der Waals surface area (Å²) in [6.45, 7) is -0.301. The highest BCUT2D eigenvalue weighted by Crippen LogP contribution is 2.26. The van der Waals surface area contributed by atoms with Crippen LogP contribution in [0.15, 0.2) is 42.5 Å². The molecule has 2 N–H and O–H groups in total. The summed E-state index contributed by atoms with van der Waals surface area (Å²) in [4.78, 5) is 35.2. The van der Waals surface area contributed by atoms with Crippen LogP contribution in [0.3, 0.4) is 0 Å². The molecule has 0 radical (unpaired) electrons. The standard InChI is InChI=1S/C16H11ClN2O4/c17-9-3-1-4-10(7-9)18-13(20)8-23-12-6-2-5-11-14(12)16(22)19-15(11)21/h1-7H,8H2,(H,18,20)(H,19,21,22). The van der Waals surface area contributed by atoms with E-state index in [9.17, 15) is 14.4 Å². The molecule has 116 valence electrons. The maximum Gasteiger partial charge on any atom is 0.262 e. The average Bonchev–Trinajstić information content (AvgIpc) is 2.81. The van der Waals surface area contributed by atoms with Crippen LogP contribution >= 0.6 is 11.6 Å². The lowest BCUT2D eigenvalue weighted by Gasteiger charge is -2.09. The van der Waals surface area contributed by atoms with Crippen LogP contribution in [-0.4, -0.2) is 24.3 Å². The first-order chi connectivity index (χ1) is 11.0. The second kappa shape index (κ2) is 6.10. The summed E-state index contributed by atoms with van der Waals surface area (Å²) in [6.07, 6.45) is 0. The first-order valence-corrected chi connectivity index (χ1v) is 7.09. The largest absolute Gasteiger partial charge is 0.483 e. The van der Waals surface area contributed by atoms with Crippen molar-refractivity contribution in [2.24, 2.45) is 0 Å². The van der Waals surface area contributed by atoms with Gasteiger partial charge in [-0.15, -0.1) is 0 Å². The quantitative estimate of drug-likeness (QED) is 0.842. The maximum absolute atomic E-state index is 11.9. The molecule has 0 aromatic heterocycles. The molecule has 0 aliphatic carbocycles. The zero-order chi connectivity index (χ0) is 16.4. The molecule has 0 fully saturated rings. The number of hydrogen-bond donors (Lipinski definition) is 2. The van der Waals surface area contributed by atoms with Gasteiger partial charge in [-0.2, -0.15) is 0 Å². The first-order valence-electron chi connectivity index (χ1n) is 6.71. The molecule has 3 amide bonds. The van der Waals surface area contributed by atoms with Gasteiger partial charge in [0.2, 0.25) is 0 Å². The minimum Gasteiger partial charge on any atom is -0.483 e. The van der Waals surface area contributed by atoms with E-state index in [2.05, 4.69) is 10.6 Å². The Labute approximate surface area is 136 Å². The van der Waals surface area contributed by atoms with Crippen LogP contribution in [-0.2, 0) is 4.79 Å². The number of fused-ring (bicyclic) bond motifs is 1. The zero-order valence-corrected chi connectivity index (χ0v) is 12.5. The van der Waals surface area contributed by atoms with Crippen molar-refractivity contribution in [1.82, 2.24) is 5.32 Å². The number of rotatable bonds is 4. The molecule has 1 heterocycles. The van der Waals surface area contributed by atoms with E-state index < -0.39 is 17.7 Å². The Balaban J connectivity index is 1.69. The van der Waals surface area contributed by atoms with Gasteiger partial charge in [0.1, 0.15) is 5.75 Å². The van der Waals surface area contributed by atoms with Crippen LogP contribution in [0, 0.1) is 0 Å². The second-order valence-electron chi connectivity index (χ2n) is 4.81. The molecule has 0 unspecified atom stereocenters. The van der Waals surface area contributed by atoms with Gasteiger partial charge >= 0.3 is 0 Å². The molecule has 2 aromatic carbocycles. The summed E-state index contributed by atoms with van der Waals surface area (Å²) in [7, 11) is 0. The SMILES string of the molecule is O=C(COc1cccc2c1C(=O)NC2=O)Nc1cccc(Cl)c1. The van der Waals surface area contributed by atoms with Crippen molar-refractivity contribution < 1.29 is 19.1 Å². The number of hydrogen-bond acceptors (Lipinski definition) is 4. The number of benzene rings is 2. The highest BCUT2D eigenvalue weighted by atomic mass is 35.5. The summed E-state index contributed by atoms with van der Waals surface area (Å²) in [5.74, 6) is -1.23.